The number of non-ortho nitro benzene ring substituents is 1. The van der Waals surface area contributed by atoms with Crippen LogP contribution < -0.4 is 10.1 Å². The summed E-state index contributed by atoms with van der Waals surface area (Å²) in [6.07, 6.45) is 1.73. The molecule has 1 amide bonds. The molecular formula is C28H32N2O6S. The molecule has 0 aliphatic rings. The summed E-state index contributed by atoms with van der Waals surface area (Å²) in [5.74, 6) is -0.110. The van der Waals surface area contributed by atoms with Gasteiger partial charge in [0.1, 0.15) is 16.3 Å². The Balaban J connectivity index is 1.63. The molecule has 1 heterocycles. The van der Waals surface area contributed by atoms with Crippen molar-refractivity contribution in [3.8, 4) is 16.9 Å². The van der Waals surface area contributed by atoms with Crippen molar-refractivity contribution in [2.24, 2.45) is 0 Å². The summed E-state index contributed by atoms with van der Waals surface area (Å²) in [6, 6.07) is 14.0. The minimum Gasteiger partial charge on any atom is -0.494 e. The van der Waals surface area contributed by atoms with Crippen molar-refractivity contribution in [3.63, 3.8) is 0 Å². The summed E-state index contributed by atoms with van der Waals surface area (Å²) >= 11 is 1.18. The predicted octanol–water partition coefficient (Wildman–Crippen LogP) is 6.99. The van der Waals surface area contributed by atoms with E-state index in [-0.39, 0.29) is 35.6 Å². The zero-order valence-corrected chi connectivity index (χ0v) is 22.4. The summed E-state index contributed by atoms with van der Waals surface area (Å²) in [4.78, 5) is 36.0. The highest BCUT2D eigenvalue weighted by Crippen LogP contribution is 2.37. The molecule has 196 valence electrons. The lowest BCUT2D eigenvalue weighted by Crippen LogP contribution is -2.15. The monoisotopic (exact) mass is 524 g/mol. The number of carbonyl (C=O) groups is 2. The maximum Gasteiger partial charge on any atom is 0.341 e. The second-order valence-electron chi connectivity index (χ2n) is 9.14. The molecular weight excluding hydrogens is 492 g/mol. The first-order valence-electron chi connectivity index (χ1n) is 12.2. The standard InChI is InChI=1S/C28H32N2O6S/c1-5-28(3,4)20-12-14-22(15-13-20)36-16-8-11-24(31)29-26-25(27(32)35-6-2)23(18-37-26)19-9-7-10-21(17-19)30(33)34/h7,9-10,12-15,17-18H,5-6,8,11,16H2,1-4H3,(H,29,31). The van der Waals surface area contributed by atoms with E-state index in [1.165, 1.54) is 29.0 Å². The predicted molar refractivity (Wildman–Crippen MR) is 145 cm³/mol. The van der Waals surface area contributed by atoms with Gasteiger partial charge in [-0.3, -0.25) is 14.9 Å². The first-order chi connectivity index (χ1) is 17.7. The maximum absolute atomic E-state index is 12.7. The van der Waals surface area contributed by atoms with Crippen molar-refractivity contribution in [1.29, 1.82) is 0 Å². The van der Waals surface area contributed by atoms with Crippen LogP contribution in [0.15, 0.2) is 53.9 Å². The molecule has 0 spiro atoms. The van der Waals surface area contributed by atoms with Gasteiger partial charge in [0.25, 0.3) is 5.69 Å². The van der Waals surface area contributed by atoms with Gasteiger partial charge in [-0.15, -0.1) is 11.3 Å². The number of thiophene rings is 1. The second-order valence-corrected chi connectivity index (χ2v) is 10.0. The lowest BCUT2D eigenvalue weighted by Gasteiger charge is -2.23. The van der Waals surface area contributed by atoms with E-state index in [0.29, 0.717) is 29.2 Å². The molecule has 2 aromatic carbocycles. The van der Waals surface area contributed by atoms with Crippen LogP contribution in [0.5, 0.6) is 5.75 Å². The highest BCUT2D eigenvalue weighted by atomic mass is 32.1. The van der Waals surface area contributed by atoms with Gasteiger partial charge in [-0.1, -0.05) is 45.0 Å². The van der Waals surface area contributed by atoms with E-state index in [2.05, 4.69) is 38.2 Å². The zero-order chi connectivity index (χ0) is 27.0. The Labute approximate surface area is 220 Å². The lowest BCUT2D eigenvalue weighted by molar-refractivity contribution is -0.384. The molecule has 1 aromatic heterocycles. The fourth-order valence-electron chi connectivity index (χ4n) is 3.67. The molecule has 3 aromatic rings. The van der Waals surface area contributed by atoms with Crippen LogP contribution in [-0.2, 0) is 14.9 Å². The van der Waals surface area contributed by atoms with Crippen LogP contribution in [0.3, 0.4) is 0 Å². The Morgan fingerprint density at radius 2 is 1.84 bits per heavy atom. The van der Waals surface area contributed by atoms with Crippen molar-refractivity contribution in [1.82, 2.24) is 0 Å². The molecule has 0 bridgehead atoms. The van der Waals surface area contributed by atoms with Crippen molar-refractivity contribution in [2.75, 3.05) is 18.5 Å². The van der Waals surface area contributed by atoms with E-state index in [4.69, 9.17) is 9.47 Å². The number of nitro benzene ring substituents is 1. The van der Waals surface area contributed by atoms with Gasteiger partial charge < -0.3 is 14.8 Å². The van der Waals surface area contributed by atoms with Crippen molar-refractivity contribution < 1.29 is 24.0 Å². The van der Waals surface area contributed by atoms with Crippen LogP contribution in [-0.4, -0.2) is 30.0 Å². The third kappa shape index (κ3) is 7.16. The average Bonchev–Trinajstić information content (AvgIpc) is 3.30. The topological polar surface area (TPSA) is 108 Å². The van der Waals surface area contributed by atoms with Gasteiger partial charge in [0.05, 0.1) is 18.1 Å². The quantitative estimate of drug-likeness (QED) is 0.118. The van der Waals surface area contributed by atoms with Crippen LogP contribution in [0.25, 0.3) is 11.1 Å². The van der Waals surface area contributed by atoms with E-state index < -0.39 is 10.9 Å². The van der Waals surface area contributed by atoms with Crippen LogP contribution in [0.4, 0.5) is 10.7 Å². The number of hydrogen-bond acceptors (Lipinski definition) is 7. The summed E-state index contributed by atoms with van der Waals surface area (Å²) in [7, 11) is 0. The van der Waals surface area contributed by atoms with Crippen LogP contribution >= 0.6 is 11.3 Å². The number of ether oxygens (including phenoxy) is 2. The number of hydrogen-bond donors (Lipinski definition) is 1. The van der Waals surface area contributed by atoms with E-state index in [0.717, 1.165) is 12.2 Å². The lowest BCUT2D eigenvalue weighted by atomic mass is 9.82. The smallest absolute Gasteiger partial charge is 0.341 e. The Morgan fingerprint density at radius 3 is 2.49 bits per heavy atom. The number of carbonyl (C=O) groups excluding carboxylic acids is 2. The van der Waals surface area contributed by atoms with Gasteiger partial charge in [0.2, 0.25) is 5.91 Å². The van der Waals surface area contributed by atoms with E-state index in [9.17, 15) is 19.7 Å². The number of nitrogens with one attached hydrogen (secondary N) is 1. The van der Waals surface area contributed by atoms with Crippen LogP contribution in [0.2, 0.25) is 0 Å². The molecule has 0 fully saturated rings. The second kappa shape index (κ2) is 12.5. The fraction of sp³-hybridized carbons (Fsp3) is 0.357. The van der Waals surface area contributed by atoms with Gasteiger partial charge in [0, 0.05) is 29.5 Å². The first-order valence-corrected chi connectivity index (χ1v) is 13.1. The molecule has 0 saturated carbocycles. The molecule has 0 aliphatic carbocycles. The minimum atomic E-state index is -0.599. The summed E-state index contributed by atoms with van der Waals surface area (Å²) in [5, 5.41) is 16.0. The SMILES string of the molecule is CCOC(=O)c1c(-c2cccc([N+](=O)[O-])c2)csc1NC(=O)CCCOc1ccc(C(C)(C)CC)cc1. The van der Waals surface area contributed by atoms with Crippen molar-refractivity contribution in [2.45, 2.75) is 52.4 Å². The molecule has 37 heavy (non-hydrogen) atoms. The number of amides is 1. The maximum atomic E-state index is 12.7. The first kappa shape index (κ1) is 27.9. The molecule has 3 rings (SSSR count). The normalized spacial score (nSPS) is 11.1. The van der Waals surface area contributed by atoms with E-state index in [1.807, 2.05) is 12.1 Å². The summed E-state index contributed by atoms with van der Waals surface area (Å²) < 4.78 is 11.0. The largest absolute Gasteiger partial charge is 0.494 e. The minimum absolute atomic E-state index is 0.0900. The Morgan fingerprint density at radius 1 is 1.11 bits per heavy atom. The molecule has 0 atom stereocenters. The summed E-state index contributed by atoms with van der Waals surface area (Å²) in [6.45, 7) is 8.79. The molecule has 0 saturated heterocycles. The Bertz CT molecular complexity index is 1250. The third-order valence-electron chi connectivity index (χ3n) is 6.23. The van der Waals surface area contributed by atoms with Gasteiger partial charge in [0.15, 0.2) is 0 Å². The number of nitrogens with zero attached hydrogens (tertiary/aromatic N) is 1. The highest BCUT2D eigenvalue weighted by molar-refractivity contribution is 7.15. The Kier molecular flexibility index (Phi) is 9.41. The molecule has 9 heteroatoms. The number of benzene rings is 2. The number of anilines is 1. The van der Waals surface area contributed by atoms with Crippen molar-refractivity contribution >= 4 is 33.9 Å². The van der Waals surface area contributed by atoms with Gasteiger partial charge in [-0.2, -0.15) is 0 Å². The molecule has 0 aliphatic heterocycles. The third-order valence-corrected chi connectivity index (χ3v) is 7.12. The summed E-state index contributed by atoms with van der Waals surface area (Å²) in [5.41, 5.74) is 2.42. The fourth-order valence-corrected chi connectivity index (χ4v) is 4.65. The van der Waals surface area contributed by atoms with Crippen LogP contribution in [0.1, 0.15) is 62.9 Å². The van der Waals surface area contributed by atoms with E-state index >= 15 is 0 Å². The number of nitro groups is 1. The highest BCUT2D eigenvalue weighted by Gasteiger charge is 2.24. The van der Waals surface area contributed by atoms with Gasteiger partial charge >= 0.3 is 5.97 Å². The zero-order valence-electron chi connectivity index (χ0n) is 21.5. The van der Waals surface area contributed by atoms with Gasteiger partial charge in [-0.25, -0.2) is 4.79 Å². The molecule has 0 unspecified atom stereocenters. The molecule has 0 radical (unpaired) electrons. The molecule has 8 nitrogen and oxygen atoms in total. The van der Waals surface area contributed by atoms with Crippen molar-refractivity contribution in [3.05, 3.63) is 75.2 Å². The average molecular weight is 525 g/mol. The molecule has 1 N–H and O–H groups in total. The Hall–Kier alpha value is -3.72. The number of rotatable bonds is 12. The van der Waals surface area contributed by atoms with Gasteiger partial charge in [-0.05, 0) is 48.4 Å². The van der Waals surface area contributed by atoms with E-state index in [1.54, 1.807) is 24.4 Å². The number of esters is 1. The van der Waals surface area contributed by atoms with Crippen LogP contribution in [0, 0.1) is 10.1 Å².